The van der Waals surface area contributed by atoms with E-state index in [9.17, 15) is 18.0 Å². The number of methoxy groups -OCH3 is 1. The van der Waals surface area contributed by atoms with E-state index in [0.29, 0.717) is 35.7 Å². The molecule has 1 saturated heterocycles. The lowest BCUT2D eigenvalue weighted by Crippen LogP contribution is -2.37. The van der Waals surface area contributed by atoms with E-state index in [0.717, 1.165) is 38.7 Å². The van der Waals surface area contributed by atoms with Gasteiger partial charge in [-0.15, -0.1) is 0 Å². The van der Waals surface area contributed by atoms with Gasteiger partial charge in [-0.3, -0.25) is 9.89 Å². The van der Waals surface area contributed by atoms with Crippen molar-refractivity contribution in [2.24, 2.45) is 4.99 Å². The van der Waals surface area contributed by atoms with Gasteiger partial charge in [0, 0.05) is 41.9 Å². The number of ether oxygens (including phenoxy) is 2. The molecule has 7 nitrogen and oxygen atoms in total. The Morgan fingerprint density at radius 1 is 1.13 bits per heavy atom. The van der Waals surface area contributed by atoms with E-state index in [1.807, 2.05) is 18.2 Å². The van der Waals surface area contributed by atoms with Crippen molar-refractivity contribution in [3.63, 3.8) is 0 Å². The first kappa shape index (κ1) is 26.4. The summed E-state index contributed by atoms with van der Waals surface area (Å²) < 4.78 is 53.3. The zero-order valence-corrected chi connectivity index (χ0v) is 21.2. The summed E-state index contributed by atoms with van der Waals surface area (Å²) in [7, 11) is 1.12. The Bertz CT molecular complexity index is 1490. The topological polar surface area (TPSA) is 87.8 Å². The van der Waals surface area contributed by atoms with Crippen molar-refractivity contribution in [2.75, 3.05) is 26.7 Å². The average Bonchev–Trinajstić information content (AvgIpc) is 3.37. The van der Waals surface area contributed by atoms with Crippen molar-refractivity contribution in [1.82, 2.24) is 9.88 Å². The fourth-order valence-corrected chi connectivity index (χ4v) is 4.96. The van der Waals surface area contributed by atoms with Crippen LogP contribution in [0.1, 0.15) is 51.5 Å². The molecule has 0 spiro atoms. The number of nitrogens with zero attached hydrogens (tertiary/aromatic N) is 4. The minimum Gasteiger partial charge on any atom is -0.473 e. The molecule has 200 valence electrons. The molecule has 2 aliphatic rings. The lowest BCUT2D eigenvalue weighted by atomic mass is 9.93. The van der Waals surface area contributed by atoms with E-state index in [1.165, 1.54) is 18.2 Å². The fourth-order valence-electron chi connectivity index (χ4n) is 4.96. The Morgan fingerprint density at radius 2 is 1.92 bits per heavy atom. The van der Waals surface area contributed by atoms with Crippen LogP contribution in [0.4, 0.5) is 18.9 Å². The first-order valence-corrected chi connectivity index (χ1v) is 12.5. The molecule has 0 aliphatic carbocycles. The molecule has 1 aromatic heterocycles. The van der Waals surface area contributed by atoms with E-state index in [4.69, 9.17) is 10.00 Å². The number of halogens is 3. The highest BCUT2D eigenvalue weighted by Crippen LogP contribution is 2.34. The molecular weight excluding hydrogens is 509 g/mol. The molecule has 1 fully saturated rings. The van der Waals surface area contributed by atoms with Gasteiger partial charge in [0.25, 0.3) is 0 Å². The number of aromatic nitrogens is 1. The molecule has 0 atom stereocenters. The molecule has 3 aromatic rings. The molecule has 39 heavy (non-hydrogen) atoms. The van der Waals surface area contributed by atoms with Gasteiger partial charge in [-0.05, 0) is 55.8 Å². The second-order valence-corrected chi connectivity index (χ2v) is 9.56. The van der Waals surface area contributed by atoms with E-state index in [-0.39, 0.29) is 23.8 Å². The summed E-state index contributed by atoms with van der Waals surface area (Å²) in [6.07, 6.45) is 2.03. The highest BCUT2D eigenvalue weighted by Gasteiger charge is 2.29. The monoisotopic (exact) mass is 534 g/mol. The standard InChI is InChI=1S/C29H25F3N4O3/c1-38-29(37)22-13-20-12-21(34-28(20)27(32)26(22)31)15-36-9-7-18(8-10-36)24-3-2-4-25(35-24)39-16-19-6-5-17(14-33)11-23(19)30/h2-6,11,13,18H,7-10,12,15-16H2,1H3. The Hall–Kier alpha value is -4.23. The molecule has 2 aliphatic heterocycles. The highest BCUT2D eigenvalue weighted by atomic mass is 19.2. The predicted octanol–water partition coefficient (Wildman–Crippen LogP) is 5.24. The average molecular weight is 535 g/mol. The van der Waals surface area contributed by atoms with E-state index >= 15 is 0 Å². The summed E-state index contributed by atoms with van der Waals surface area (Å²) in [4.78, 5) is 22.9. The number of hydrogen-bond acceptors (Lipinski definition) is 7. The van der Waals surface area contributed by atoms with Gasteiger partial charge in [0.1, 0.15) is 18.1 Å². The number of piperidine rings is 1. The number of carbonyl (C=O) groups excluding carboxylic acids is 1. The Balaban J connectivity index is 1.16. The molecule has 0 N–H and O–H groups in total. The Morgan fingerprint density at radius 3 is 2.64 bits per heavy atom. The van der Waals surface area contributed by atoms with Crippen LogP contribution in [-0.2, 0) is 17.8 Å². The number of aliphatic imine (C=N–C) groups is 1. The van der Waals surface area contributed by atoms with E-state index in [1.54, 1.807) is 12.1 Å². The third-order valence-electron chi connectivity index (χ3n) is 7.04. The summed E-state index contributed by atoms with van der Waals surface area (Å²) in [5, 5.41) is 8.89. The maximum atomic E-state index is 14.5. The molecule has 2 aromatic carbocycles. The van der Waals surface area contributed by atoms with Crippen molar-refractivity contribution in [1.29, 1.82) is 5.26 Å². The first-order valence-electron chi connectivity index (χ1n) is 12.5. The quantitative estimate of drug-likeness (QED) is 0.385. The van der Waals surface area contributed by atoms with Crippen molar-refractivity contribution >= 4 is 17.4 Å². The molecular formula is C29H25F3N4O3. The number of hydrogen-bond donors (Lipinski definition) is 0. The molecule has 0 bridgehead atoms. The summed E-state index contributed by atoms with van der Waals surface area (Å²) in [6.45, 7) is 2.06. The van der Waals surface area contributed by atoms with Crippen LogP contribution in [0.3, 0.4) is 0 Å². The van der Waals surface area contributed by atoms with Gasteiger partial charge in [0.05, 0.1) is 24.3 Å². The smallest absolute Gasteiger partial charge is 0.340 e. The summed E-state index contributed by atoms with van der Waals surface area (Å²) >= 11 is 0. The van der Waals surface area contributed by atoms with Crippen LogP contribution < -0.4 is 4.74 Å². The number of carbonyl (C=O) groups is 1. The van der Waals surface area contributed by atoms with Crippen molar-refractivity contribution < 1.29 is 27.4 Å². The minimum atomic E-state index is -1.24. The largest absolute Gasteiger partial charge is 0.473 e. The molecule has 5 rings (SSSR count). The number of esters is 1. The van der Waals surface area contributed by atoms with Gasteiger partial charge >= 0.3 is 5.97 Å². The summed E-state index contributed by atoms with van der Waals surface area (Å²) in [5.41, 5.74) is 2.20. The fraction of sp³-hybridized carbons (Fsp3) is 0.310. The van der Waals surface area contributed by atoms with Gasteiger partial charge in [-0.25, -0.2) is 22.9 Å². The number of nitriles is 1. The lowest BCUT2D eigenvalue weighted by Gasteiger charge is -2.31. The predicted molar refractivity (Wildman–Crippen MR) is 137 cm³/mol. The second-order valence-electron chi connectivity index (χ2n) is 9.56. The van der Waals surface area contributed by atoms with E-state index < -0.39 is 29.0 Å². The SMILES string of the molecule is COC(=O)c1cc2c(c(F)c1F)N=C(CN1CCC(c3cccc(OCc4ccc(C#N)cc4F)n3)CC1)C2. The highest BCUT2D eigenvalue weighted by molar-refractivity contribution is 5.97. The zero-order chi connectivity index (χ0) is 27.5. The minimum absolute atomic E-state index is 0.00254. The first-order chi connectivity index (χ1) is 18.9. The van der Waals surface area contributed by atoms with Crippen LogP contribution in [0.2, 0.25) is 0 Å². The zero-order valence-electron chi connectivity index (χ0n) is 21.2. The lowest BCUT2D eigenvalue weighted by molar-refractivity contribution is 0.0594. The Labute approximate surface area is 223 Å². The number of pyridine rings is 1. The van der Waals surface area contributed by atoms with Gasteiger partial charge in [-0.1, -0.05) is 12.1 Å². The summed E-state index contributed by atoms with van der Waals surface area (Å²) in [6, 6.07) is 13.0. The number of fused-ring (bicyclic) bond motifs is 1. The normalized spacial score (nSPS) is 15.4. The van der Waals surface area contributed by atoms with Crippen LogP contribution in [0.15, 0.2) is 47.5 Å². The molecule has 0 unspecified atom stereocenters. The van der Waals surface area contributed by atoms with E-state index in [2.05, 4.69) is 19.6 Å². The van der Waals surface area contributed by atoms with Crippen molar-refractivity contribution in [3.8, 4) is 11.9 Å². The number of likely N-dealkylation sites (tertiary alicyclic amines) is 1. The maximum absolute atomic E-state index is 14.5. The van der Waals surface area contributed by atoms with Crippen molar-refractivity contribution in [2.45, 2.75) is 31.8 Å². The van der Waals surface area contributed by atoms with Crippen LogP contribution in [-0.4, -0.2) is 48.3 Å². The van der Waals surface area contributed by atoms with Crippen LogP contribution >= 0.6 is 0 Å². The van der Waals surface area contributed by atoms with Gasteiger partial charge in [0.2, 0.25) is 5.88 Å². The third kappa shape index (κ3) is 5.64. The number of benzene rings is 2. The summed E-state index contributed by atoms with van der Waals surface area (Å²) in [5.74, 6) is -3.17. The molecule has 10 heteroatoms. The van der Waals surface area contributed by atoms with Crippen LogP contribution in [0.25, 0.3) is 0 Å². The van der Waals surface area contributed by atoms with Gasteiger partial charge in [-0.2, -0.15) is 5.26 Å². The number of rotatable bonds is 7. The Kier molecular flexibility index (Phi) is 7.61. The van der Waals surface area contributed by atoms with Crippen LogP contribution in [0.5, 0.6) is 5.88 Å². The van der Waals surface area contributed by atoms with Crippen molar-refractivity contribution in [3.05, 3.63) is 87.9 Å². The second kappa shape index (κ2) is 11.3. The molecule has 0 amide bonds. The third-order valence-corrected chi connectivity index (χ3v) is 7.04. The molecule has 0 saturated carbocycles. The van der Waals surface area contributed by atoms with Gasteiger partial charge < -0.3 is 9.47 Å². The maximum Gasteiger partial charge on any atom is 0.340 e. The van der Waals surface area contributed by atoms with Gasteiger partial charge in [0.15, 0.2) is 11.6 Å². The molecule has 0 radical (unpaired) electrons. The molecule has 3 heterocycles. The van der Waals surface area contributed by atoms with Crippen LogP contribution in [0, 0.1) is 28.8 Å².